The summed E-state index contributed by atoms with van der Waals surface area (Å²) in [4.78, 5) is 14.6. The van der Waals surface area contributed by atoms with Gasteiger partial charge in [-0.05, 0) is 70.1 Å². The second kappa shape index (κ2) is 10.2. The van der Waals surface area contributed by atoms with E-state index < -0.39 is 6.10 Å². The van der Waals surface area contributed by atoms with Gasteiger partial charge in [0, 0.05) is 6.54 Å². The van der Waals surface area contributed by atoms with Gasteiger partial charge in [0.2, 0.25) is 0 Å². The third-order valence-electron chi connectivity index (χ3n) is 4.39. The van der Waals surface area contributed by atoms with Crippen LogP contribution < -0.4 is 14.8 Å². The van der Waals surface area contributed by atoms with Crippen molar-refractivity contribution in [3.05, 3.63) is 24.3 Å². The zero-order valence-electron chi connectivity index (χ0n) is 14.9. The summed E-state index contributed by atoms with van der Waals surface area (Å²) in [5.41, 5.74) is 0. The van der Waals surface area contributed by atoms with E-state index in [1.807, 2.05) is 24.3 Å². The van der Waals surface area contributed by atoms with Crippen molar-refractivity contribution in [3.63, 3.8) is 0 Å². The van der Waals surface area contributed by atoms with E-state index >= 15 is 0 Å². The maximum atomic E-state index is 12.1. The molecule has 1 aliphatic rings. The van der Waals surface area contributed by atoms with Crippen molar-refractivity contribution < 1.29 is 14.3 Å². The molecule has 1 aromatic carbocycles. The third-order valence-corrected chi connectivity index (χ3v) is 4.39. The van der Waals surface area contributed by atoms with Crippen LogP contribution in [0.5, 0.6) is 11.5 Å². The van der Waals surface area contributed by atoms with Gasteiger partial charge in [-0.2, -0.15) is 0 Å². The molecule has 0 aliphatic carbocycles. The standard InChI is InChI=1S/C19H30N2O3/c1-16(24-18-10-8-17(23-2)9-11-18)19(22)20-12-7-15-21-13-5-3-4-6-14-21/h8-11,16H,3-7,12-15H2,1-2H3,(H,20,22)/t16-/m0/s1. The predicted octanol–water partition coefficient (Wildman–Crippen LogP) is 2.84. The van der Waals surface area contributed by atoms with Crippen LogP contribution in [0.4, 0.5) is 0 Å². The second-order valence-corrected chi connectivity index (χ2v) is 6.34. The van der Waals surface area contributed by atoms with Gasteiger partial charge in [0.05, 0.1) is 7.11 Å². The molecule has 1 heterocycles. The summed E-state index contributed by atoms with van der Waals surface area (Å²) in [7, 11) is 1.62. The van der Waals surface area contributed by atoms with Crippen LogP contribution in [0, 0.1) is 0 Å². The second-order valence-electron chi connectivity index (χ2n) is 6.34. The Morgan fingerprint density at radius 1 is 1.12 bits per heavy atom. The first-order valence-electron chi connectivity index (χ1n) is 9.00. The van der Waals surface area contributed by atoms with E-state index in [0.29, 0.717) is 12.3 Å². The highest BCUT2D eigenvalue weighted by Crippen LogP contribution is 2.18. The Kier molecular flexibility index (Phi) is 7.89. The van der Waals surface area contributed by atoms with E-state index in [2.05, 4.69) is 10.2 Å². The Balaban J connectivity index is 1.63. The average molecular weight is 334 g/mol. The minimum absolute atomic E-state index is 0.0679. The number of carbonyl (C=O) groups excluding carboxylic acids is 1. The molecule has 1 saturated heterocycles. The van der Waals surface area contributed by atoms with Crippen LogP contribution in [0.15, 0.2) is 24.3 Å². The molecule has 24 heavy (non-hydrogen) atoms. The molecule has 0 bridgehead atoms. The molecular weight excluding hydrogens is 304 g/mol. The van der Waals surface area contributed by atoms with Gasteiger partial charge in [-0.15, -0.1) is 0 Å². The molecule has 1 aliphatic heterocycles. The first-order valence-corrected chi connectivity index (χ1v) is 9.00. The van der Waals surface area contributed by atoms with Gasteiger partial charge in [-0.25, -0.2) is 0 Å². The van der Waals surface area contributed by atoms with Crippen molar-refractivity contribution >= 4 is 5.91 Å². The summed E-state index contributed by atoms with van der Waals surface area (Å²) in [5.74, 6) is 1.37. The molecule has 1 amide bonds. The number of methoxy groups -OCH3 is 1. The molecule has 0 radical (unpaired) electrons. The number of nitrogens with zero attached hydrogens (tertiary/aromatic N) is 1. The topological polar surface area (TPSA) is 50.8 Å². The van der Waals surface area contributed by atoms with Crippen molar-refractivity contribution in [1.29, 1.82) is 0 Å². The Bertz CT molecular complexity index is 482. The first-order chi connectivity index (χ1) is 11.7. The minimum Gasteiger partial charge on any atom is -0.497 e. The van der Waals surface area contributed by atoms with Gasteiger partial charge in [-0.1, -0.05) is 12.8 Å². The van der Waals surface area contributed by atoms with Crippen molar-refractivity contribution in [3.8, 4) is 11.5 Å². The number of ether oxygens (including phenoxy) is 2. The first kappa shape index (κ1) is 18.6. The molecule has 0 saturated carbocycles. The molecule has 5 heteroatoms. The van der Waals surface area contributed by atoms with Crippen LogP contribution in [0.3, 0.4) is 0 Å². The molecule has 134 valence electrons. The average Bonchev–Trinajstić information content (AvgIpc) is 2.88. The highest BCUT2D eigenvalue weighted by molar-refractivity contribution is 5.80. The molecule has 1 N–H and O–H groups in total. The van der Waals surface area contributed by atoms with Crippen molar-refractivity contribution in [1.82, 2.24) is 10.2 Å². The van der Waals surface area contributed by atoms with Gasteiger partial charge >= 0.3 is 0 Å². The minimum atomic E-state index is -0.503. The normalized spacial score (nSPS) is 16.9. The summed E-state index contributed by atoms with van der Waals surface area (Å²) in [6.07, 6.45) is 5.80. The van der Waals surface area contributed by atoms with Gasteiger partial charge in [0.1, 0.15) is 11.5 Å². The largest absolute Gasteiger partial charge is 0.497 e. The Hall–Kier alpha value is -1.75. The smallest absolute Gasteiger partial charge is 0.260 e. The van der Waals surface area contributed by atoms with E-state index in [1.165, 1.54) is 38.8 Å². The van der Waals surface area contributed by atoms with Crippen LogP contribution in [-0.2, 0) is 4.79 Å². The maximum Gasteiger partial charge on any atom is 0.260 e. The highest BCUT2D eigenvalue weighted by atomic mass is 16.5. The van der Waals surface area contributed by atoms with Crippen LogP contribution in [0.1, 0.15) is 39.0 Å². The highest BCUT2D eigenvalue weighted by Gasteiger charge is 2.14. The molecule has 0 aromatic heterocycles. The lowest BCUT2D eigenvalue weighted by atomic mass is 10.2. The van der Waals surface area contributed by atoms with Crippen molar-refractivity contribution in [2.75, 3.05) is 33.3 Å². The molecule has 0 unspecified atom stereocenters. The number of benzene rings is 1. The molecule has 5 nitrogen and oxygen atoms in total. The lowest BCUT2D eigenvalue weighted by Gasteiger charge is -2.20. The van der Waals surface area contributed by atoms with E-state index in [9.17, 15) is 4.79 Å². The SMILES string of the molecule is COc1ccc(O[C@@H](C)C(=O)NCCCN2CCCCCC2)cc1. The maximum absolute atomic E-state index is 12.1. The lowest BCUT2D eigenvalue weighted by Crippen LogP contribution is -2.38. The van der Waals surface area contributed by atoms with Crippen molar-refractivity contribution in [2.24, 2.45) is 0 Å². The number of rotatable bonds is 8. The number of hydrogen-bond donors (Lipinski definition) is 1. The molecule has 0 spiro atoms. The third kappa shape index (κ3) is 6.40. The van der Waals surface area contributed by atoms with Crippen molar-refractivity contribution in [2.45, 2.75) is 45.1 Å². The fourth-order valence-electron chi connectivity index (χ4n) is 2.93. The van der Waals surface area contributed by atoms with Crippen LogP contribution >= 0.6 is 0 Å². The zero-order chi connectivity index (χ0) is 17.2. The summed E-state index contributed by atoms with van der Waals surface area (Å²) in [6, 6.07) is 7.26. The molecule has 1 fully saturated rings. The quantitative estimate of drug-likeness (QED) is 0.743. The molecule has 2 rings (SSSR count). The van der Waals surface area contributed by atoms with E-state index in [1.54, 1.807) is 14.0 Å². The van der Waals surface area contributed by atoms with E-state index in [4.69, 9.17) is 9.47 Å². The summed E-state index contributed by atoms with van der Waals surface area (Å²) >= 11 is 0. The fraction of sp³-hybridized carbons (Fsp3) is 0.632. The van der Waals surface area contributed by atoms with Crippen LogP contribution in [0.2, 0.25) is 0 Å². The molecule has 1 aromatic rings. The molecule has 1 atom stereocenters. The fourth-order valence-corrected chi connectivity index (χ4v) is 2.93. The van der Waals surface area contributed by atoms with Crippen LogP contribution in [0.25, 0.3) is 0 Å². The van der Waals surface area contributed by atoms with Gasteiger partial charge in [0.15, 0.2) is 6.10 Å². The summed E-state index contributed by atoms with van der Waals surface area (Å²) in [6.45, 7) is 5.93. The van der Waals surface area contributed by atoms with Gasteiger partial charge in [-0.3, -0.25) is 4.79 Å². The lowest BCUT2D eigenvalue weighted by molar-refractivity contribution is -0.127. The number of nitrogens with one attached hydrogen (secondary N) is 1. The van der Waals surface area contributed by atoms with Gasteiger partial charge < -0.3 is 19.7 Å². The van der Waals surface area contributed by atoms with E-state index in [0.717, 1.165) is 18.7 Å². The Morgan fingerprint density at radius 3 is 2.38 bits per heavy atom. The number of likely N-dealkylation sites (tertiary alicyclic amines) is 1. The number of hydrogen-bond acceptors (Lipinski definition) is 4. The van der Waals surface area contributed by atoms with Gasteiger partial charge in [0.25, 0.3) is 5.91 Å². The molecular formula is C19H30N2O3. The number of amides is 1. The van der Waals surface area contributed by atoms with E-state index in [-0.39, 0.29) is 5.91 Å². The summed E-state index contributed by atoms with van der Waals surface area (Å²) < 4.78 is 10.8. The van der Waals surface area contributed by atoms with Crippen LogP contribution in [-0.4, -0.2) is 50.2 Å². The summed E-state index contributed by atoms with van der Waals surface area (Å²) in [5, 5.41) is 2.97. The Morgan fingerprint density at radius 2 is 1.75 bits per heavy atom. The Labute approximate surface area is 145 Å². The number of carbonyl (C=O) groups is 1. The predicted molar refractivity (Wildman–Crippen MR) is 95.6 cm³/mol. The zero-order valence-corrected chi connectivity index (χ0v) is 14.9. The monoisotopic (exact) mass is 334 g/mol.